The molecule has 0 aliphatic carbocycles. The molecule has 0 saturated heterocycles. The van der Waals surface area contributed by atoms with Crippen molar-refractivity contribution in [1.82, 2.24) is 5.39 Å². The van der Waals surface area contributed by atoms with E-state index in [1.165, 1.54) is 0 Å². The summed E-state index contributed by atoms with van der Waals surface area (Å²) in [6.45, 7) is 5.30. The van der Waals surface area contributed by atoms with Gasteiger partial charge in [-0.3, -0.25) is 4.84 Å². The maximum Gasteiger partial charge on any atom is 0.0856 e. The molecule has 0 aromatic heterocycles. The fraction of sp³-hybridized carbons (Fsp3) is 1.00. The molecule has 0 aromatic carbocycles. The lowest BCUT2D eigenvalue weighted by Gasteiger charge is -2.30. The zero-order valence-corrected chi connectivity index (χ0v) is 5.92. The molecule has 0 fully saturated rings. The fourth-order valence-corrected chi connectivity index (χ4v) is 0.276. The molecule has 0 aromatic rings. The van der Waals surface area contributed by atoms with Crippen molar-refractivity contribution in [1.29, 1.82) is 0 Å². The third kappa shape index (κ3) is 4.35. The van der Waals surface area contributed by atoms with E-state index in [9.17, 15) is 5.21 Å². The van der Waals surface area contributed by atoms with E-state index in [-0.39, 0.29) is 0 Å². The molecule has 0 heterocycles. The first-order valence-corrected chi connectivity index (χ1v) is 2.83. The van der Waals surface area contributed by atoms with Gasteiger partial charge in [0.2, 0.25) is 0 Å². The Morgan fingerprint density at radius 3 is 2.22 bits per heavy atom. The van der Waals surface area contributed by atoms with E-state index < -0.39 is 11.0 Å². The molecule has 0 unspecified atom stereocenters. The fourth-order valence-electron chi connectivity index (χ4n) is 0.276. The minimum Gasteiger partial charge on any atom is -0.738 e. The van der Waals surface area contributed by atoms with E-state index in [1.54, 1.807) is 13.8 Å². The van der Waals surface area contributed by atoms with Crippen LogP contribution >= 0.6 is 0 Å². The van der Waals surface area contributed by atoms with Gasteiger partial charge in [0, 0.05) is 0 Å². The highest BCUT2D eigenvalue weighted by Crippen LogP contribution is 2.13. The second-order valence-electron chi connectivity index (χ2n) is 2.44. The van der Waals surface area contributed by atoms with Gasteiger partial charge in [0.15, 0.2) is 0 Å². The van der Waals surface area contributed by atoms with Gasteiger partial charge in [-0.2, -0.15) is 0 Å². The van der Waals surface area contributed by atoms with Crippen molar-refractivity contribution in [2.45, 2.75) is 32.8 Å². The van der Waals surface area contributed by atoms with Crippen LogP contribution in [0.3, 0.4) is 0 Å². The van der Waals surface area contributed by atoms with Gasteiger partial charge in [0.25, 0.3) is 0 Å². The first kappa shape index (κ1) is 8.84. The monoisotopic (exact) mass is 134 g/mol. The predicted octanol–water partition coefficient (Wildman–Crippen LogP) is 1.30. The van der Waals surface area contributed by atoms with Gasteiger partial charge < -0.3 is 10.4 Å². The van der Waals surface area contributed by atoms with Gasteiger partial charge in [-0.05, 0) is 20.3 Å². The predicted molar refractivity (Wildman–Crippen MR) is 32.4 cm³/mol. The summed E-state index contributed by atoms with van der Waals surface area (Å²) in [4.78, 5) is 4.42. The number of nitrogens with zero attached hydrogens (tertiary/aromatic N) is 1. The lowest BCUT2D eigenvalue weighted by Crippen LogP contribution is -2.30. The van der Waals surface area contributed by atoms with Crippen molar-refractivity contribution in [3.63, 3.8) is 0 Å². The minimum absolute atomic E-state index is 0.510. The summed E-state index contributed by atoms with van der Waals surface area (Å²) >= 11 is 0. The van der Waals surface area contributed by atoms with Crippen LogP contribution in [0.25, 0.3) is 0 Å². The Kier molecular flexibility index (Phi) is 3.07. The topological polar surface area (TPSA) is 55.8 Å². The van der Waals surface area contributed by atoms with Crippen molar-refractivity contribution in [3.05, 3.63) is 5.21 Å². The van der Waals surface area contributed by atoms with Crippen LogP contribution in [-0.2, 0) is 4.84 Å². The molecule has 9 heavy (non-hydrogen) atoms. The first-order chi connectivity index (χ1) is 3.98. The summed E-state index contributed by atoms with van der Waals surface area (Å²) in [6, 6.07) is 0. The van der Waals surface area contributed by atoms with Gasteiger partial charge >= 0.3 is 0 Å². The third-order valence-electron chi connectivity index (χ3n) is 1.18. The Morgan fingerprint density at radius 1 is 1.67 bits per heavy atom. The molecule has 0 spiro atoms. The van der Waals surface area contributed by atoms with Crippen LogP contribution in [0.2, 0.25) is 0 Å². The van der Waals surface area contributed by atoms with Gasteiger partial charge in [0.1, 0.15) is 0 Å². The third-order valence-corrected chi connectivity index (χ3v) is 1.18. The molecule has 4 heteroatoms. The van der Waals surface area contributed by atoms with Crippen LogP contribution in [0.4, 0.5) is 0 Å². The minimum atomic E-state index is -0.573. The first-order valence-electron chi connectivity index (χ1n) is 2.83. The van der Waals surface area contributed by atoms with Crippen molar-refractivity contribution >= 4 is 0 Å². The SMILES string of the molecule is CCC(C)(C)ON([O-])O. The normalized spacial score (nSPS) is 12.7. The molecule has 0 saturated carbocycles. The van der Waals surface area contributed by atoms with E-state index in [2.05, 4.69) is 4.84 Å². The molecule has 0 radical (unpaired) electrons. The van der Waals surface area contributed by atoms with Crippen molar-refractivity contribution < 1.29 is 10.0 Å². The molecule has 56 valence electrons. The Morgan fingerprint density at radius 2 is 2.11 bits per heavy atom. The van der Waals surface area contributed by atoms with Gasteiger partial charge in [-0.1, -0.05) is 6.92 Å². The van der Waals surface area contributed by atoms with E-state index in [0.717, 1.165) is 0 Å². The van der Waals surface area contributed by atoms with Crippen LogP contribution < -0.4 is 0 Å². The summed E-state index contributed by atoms with van der Waals surface area (Å²) in [5.41, 5.74) is -0.573. The maximum atomic E-state index is 9.87. The van der Waals surface area contributed by atoms with Gasteiger partial charge in [-0.25, -0.2) is 0 Å². The second kappa shape index (κ2) is 3.12. The van der Waals surface area contributed by atoms with Crippen molar-refractivity contribution in [2.75, 3.05) is 0 Å². The standard InChI is InChI=1S/C5H12NO3/c1-4-5(2,3)9-6(7)8/h7H,4H2,1-3H3/q-1. The Balaban J connectivity index is 3.58. The molecular formula is C5H12NO3-. The molecule has 1 N–H and O–H groups in total. The average Bonchev–Trinajstić information content (AvgIpc) is 1.63. The van der Waals surface area contributed by atoms with Crippen molar-refractivity contribution in [2.24, 2.45) is 0 Å². The summed E-state index contributed by atoms with van der Waals surface area (Å²) in [5.74, 6) is 0. The molecule has 0 aliphatic rings. The lowest BCUT2D eigenvalue weighted by atomic mass is 10.1. The zero-order chi connectivity index (χ0) is 7.49. The Labute approximate surface area is 54.5 Å². The zero-order valence-electron chi connectivity index (χ0n) is 5.92. The summed E-state index contributed by atoms with van der Waals surface area (Å²) in [5, 5.41) is 17.4. The molecule has 0 rings (SSSR count). The molecule has 0 bridgehead atoms. The van der Waals surface area contributed by atoms with E-state index >= 15 is 0 Å². The number of hydrogen-bond acceptors (Lipinski definition) is 4. The summed E-state index contributed by atoms with van der Waals surface area (Å²) in [7, 11) is 0. The van der Waals surface area contributed by atoms with Crippen LogP contribution in [0.5, 0.6) is 0 Å². The maximum absolute atomic E-state index is 9.87. The Hall–Kier alpha value is -0.160. The van der Waals surface area contributed by atoms with Crippen LogP contribution in [-0.4, -0.2) is 16.2 Å². The molecular weight excluding hydrogens is 122 g/mol. The smallest absolute Gasteiger partial charge is 0.0856 e. The number of hydrogen-bond donors (Lipinski definition) is 1. The largest absolute Gasteiger partial charge is 0.738 e. The summed E-state index contributed by atoms with van der Waals surface area (Å²) in [6.07, 6.45) is 0.673. The summed E-state index contributed by atoms with van der Waals surface area (Å²) < 4.78 is 0. The van der Waals surface area contributed by atoms with Crippen molar-refractivity contribution in [3.8, 4) is 0 Å². The van der Waals surface area contributed by atoms with Gasteiger partial charge in [-0.15, -0.1) is 5.39 Å². The van der Waals surface area contributed by atoms with Crippen LogP contribution in [0.15, 0.2) is 0 Å². The lowest BCUT2D eigenvalue weighted by molar-refractivity contribution is -0.351. The van der Waals surface area contributed by atoms with E-state index in [4.69, 9.17) is 5.21 Å². The molecule has 4 nitrogen and oxygen atoms in total. The van der Waals surface area contributed by atoms with E-state index in [1.807, 2.05) is 6.92 Å². The van der Waals surface area contributed by atoms with Crippen LogP contribution in [0.1, 0.15) is 27.2 Å². The van der Waals surface area contributed by atoms with Gasteiger partial charge in [0.05, 0.1) is 5.60 Å². The number of rotatable bonds is 3. The Bertz CT molecular complexity index is 82.3. The molecule has 0 amide bonds. The highest BCUT2D eigenvalue weighted by Gasteiger charge is 2.15. The van der Waals surface area contributed by atoms with E-state index in [0.29, 0.717) is 6.42 Å². The second-order valence-corrected chi connectivity index (χ2v) is 2.44. The highest BCUT2D eigenvalue weighted by molar-refractivity contribution is 4.62. The highest BCUT2D eigenvalue weighted by atomic mass is 17.1. The molecule has 0 atom stereocenters. The average molecular weight is 134 g/mol. The van der Waals surface area contributed by atoms with Crippen LogP contribution in [0, 0.1) is 5.21 Å². The molecule has 0 aliphatic heterocycles. The quantitative estimate of drug-likeness (QED) is 0.591.